The van der Waals surface area contributed by atoms with Crippen LogP contribution >= 0.6 is 23.2 Å². The third-order valence-corrected chi connectivity index (χ3v) is 4.26. The van der Waals surface area contributed by atoms with Crippen LogP contribution in [0.4, 0.5) is 0 Å². The molecule has 0 atom stereocenters. The SMILES string of the molecule is CN(CCN)S(=O)(=O)c1cc(Cl)cc(Cl)c1. The first-order chi connectivity index (χ1) is 7.37. The Balaban J connectivity index is 3.16. The Morgan fingerprint density at radius 2 is 1.75 bits per heavy atom. The van der Waals surface area contributed by atoms with Gasteiger partial charge < -0.3 is 5.73 Å². The zero-order chi connectivity index (χ0) is 12.3. The molecule has 0 saturated heterocycles. The van der Waals surface area contributed by atoms with Crippen molar-refractivity contribution in [2.45, 2.75) is 4.90 Å². The van der Waals surface area contributed by atoms with E-state index >= 15 is 0 Å². The van der Waals surface area contributed by atoms with Crippen molar-refractivity contribution >= 4 is 33.2 Å². The van der Waals surface area contributed by atoms with Gasteiger partial charge in [-0.2, -0.15) is 4.31 Å². The summed E-state index contributed by atoms with van der Waals surface area (Å²) >= 11 is 11.5. The van der Waals surface area contributed by atoms with Gasteiger partial charge in [0.05, 0.1) is 4.90 Å². The lowest BCUT2D eigenvalue weighted by atomic mass is 10.4. The molecule has 0 bridgehead atoms. The molecular weight excluding hydrogens is 271 g/mol. The van der Waals surface area contributed by atoms with Gasteiger partial charge in [-0.25, -0.2) is 8.42 Å². The van der Waals surface area contributed by atoms with Crippen LogP contribution in [0.25, 0.3) is 0 Å². The fourth-order valence-corrected chi connectivity index (χ4v) is 3.07. The quantitative estimate of drug-likeness (QED) is 0.912. The third-order valence-electron chi connectivity index (χ3n) is 1.99. The molecule has 4 nitrogen and oxygen atoms in total. The lowest BCUT2D eigenvalue weighted by molar-refractivity contribution is 0.476. The topological polar surface area (TPSA) is 63.4 Å². The highest BCUT2D eigenvalue weighted by Crippen LogP contribution is 2.23. The van der Waals surface area contributed by atoms with E-state index in [4.69, 9.17) is 28.9 Å². The highest BCUT2D eigenvalue weighted by molar-refractivity contribution is 7.89. The summed E-state index contributed by atoms with van der Waals surface area (Å²) in [5, 5.41) is 0.569. The summed E-state index contributed by atoms with van der Waals surface area (Å²) in [7, 11) is -2.11. The Labute approximate surface area is 105 Å². The number of hydrogen-bond acceptors (Lipinski definition) is 3. The van der Waals surface area contributed by atoms with Gasteiger partial charge in [-0.1, -0.05) is 23.2 Å². The maximum atomic E-state index is 12.0. The number of benzene rings is 1. The molecule has 0 amide bonds. The van der Waals surface area contributed by atoms with E-state index in [1.165, 1.54) is 25.2 Å². The minimum Gasteiger partial charge on any atom is -0.329 e. The van der Waals surface area contributed by atoms with Crippen molar-refractivity contribution in [3.05, 3.63) is 28.2 Å². The third kappa shape index (κ3) is 3.09. The Kier molecular flexibility index (Phi) is 4.58. The van der Waals surface area contributed by atoms with Gasteiger partial charge in [0.1, 0.15) is 0 Å². The van der Waals surface area contributed by atoms with Gasteiger partial charge in [-0.3, -0.25) is 0 Å². The van der Waals surface area contributed by atoms with Crippen molar-refractivity contribution in [2.24, 2.45) is 5.73 Å². The van der Waals surface area contributed by atoms with Crippen molar-refractivity contribution in [1.82, 2.24) is 4.31 Å². The standard InChI is InChI=1S/C9H12Cl2N2O2S/c1-13(3-2-12)16(14,15)9-5-7(10)4-8(11)6-9/h4-6H,2-3,12H2,1H3. The molecule has 16 heavy (non-hydrogen) atoms. The lowest BCUT2D eigenvalue weighted by Gasteiger charge is -2.16. The molecule has 0 aliphatic carbocycles. The fourth-order valence-electron chi connectivity index (χ4n) is 1.16. The summed E-state index contributed by atoms with van der Waals surface area (Å²) in [6.45, 7) is 0.497. The summed E-state index contributed by atoms with van der Waals surface area (Å²) in [6.07, 6.45) is 0. The minimum atomic E-state index is -3.56. The number of sulfonamides is 1. The second-order valence-corrected chi connectivity index (χ2v) is 6.14. The second-order valence-electron chi connectivity index (χ2n) is 3.22. The zero-order valence-electron chi connectivity index (χ0n) is 8.65. The van der Waals surface area contributed by atoms with Crippen molar-refractivity contribution in [2.75, 3.05) is 20.1 Å². The molecule has 0 heterocycles. The predicted molar refractivity (Wildman–Crippen MR) is 65.3 cm³/mol. The molecule has 1 aromatic carbocycles. The van der Waals surface area contributed by atoms with E-state index in [0.717, 1.165) is 4.31 Å². The summed E-state index contributed by atoms with van der Waals surface area (Å²) in [5.41, 5.74) is 5.31. The molecular formula is C9H12Cl2N2O2S. The molecule has 1 rings (SSSR count). The van der Waals surface area contributed by atoms with E-state index in [-0.39, 0.29) is 28.0 Å². The highest BCUT2D eigenvalue weighted by atomic mass is 35.5. The van der Waals surface area contributed by atoms with Crippen molar-refractivity contribution < 1.29 is 8.42 Å². The number of halogens is 2. The molecule has 0 fully saturated rings. The van der Waals surface area contributed by atoms with Gasteiger partial charge in [0.15, 0.2) is 0 Å². The first kappa shape index (κ1) is 13.7. The molecule has 0 unspecified atom stereocenters. The van der Waals surface area contributed by atoms with Gasteiger partial charge >= 0.3 is 0 Å². The highest BCUT2D eigenvalue weighted by Gasteiger charge is 2.20. The molecule has 0 aliphatic heterocycles. The summed E-state index contributed by atoms with van der Waals surface area (Å²) in [5.74, 6) is 0. The summed E-state index contributed by atoms with van der Waals surface area (Å²) < 4.78 is 25.1. The van der Waals surface area contributed by atoms with Crippen LogP contribution in [-0.2, 0) is 10.0 Å². The maximum Gasteiger partial charge on any atom is 0.242 e. The predicted octanol–water partition coefficient (Wildman–Crippen LogP) is 1.57. The normalized spacial score (nSPS) is 12.1. The van der Waals surface area contributed by atoms with Gasteiger partial charge in [0.2, 0.25) is 10.0 Å². The number of hydrogen-bond donors (Lipinski definition) is 1. The minimum absolute atomic E-state index is 0.0703. The number of likely N-dealkylation sites (N-methyl/N-ethyl adjacent to an activating group) is 1. The van der Waals surface area contributed by atoms with Gasteiger partial charge in [-0.05, 0) is 18.2 Å². The maximum absolute atomic E-state index is 12.0. The van der Waals surface area contributed by atoms with Gasteiger partial charge in [0.25, 0.3) is 0 Å². The monoisotopic (exact) mass is 282 g/mol. The van der Waals surface area contributed by atoms with E-state index in [0.29, 0.717) is 0 Å². The van der Waals surface area contributed by atoms with E-state index in [1.807, 2.05) is 0 Å². The molecule has 0 aromatic heterocycles. The first-order valence-electron chi connectivity index (χ1n) is 4.50. The van der Waals surface area contributed by atoms with Crippen LogP contribution < -0.4 is 5.73 Å². The fraction of sp³-hybridized carbons (Fsp3) is 0.333. The van der Waals surface area contributed by atoms with Gasteiger partial charge in [0, 0.05) is 30.2 Å². The van der Waals surface area contributed by atoms with E-state index in [1.54, 1.807) is 0 Å². The zero-order valence-corrected chi connectivity index (χ0v) is 11.0. The van der Waals surface area contributed by atoms with Crippen LogP contribution in [0.2, 0.25) is 10.0 Å². The van der Waals surface area contributed by atoms with Crippen LogP contribution in [0.3, 0.4) is 0 Å². The Bertz CT molecular complexity index is 456. The van der Waals surface area contributed by atoms with Crippen molar-refractivity contribution in [1.29, 1.82) is 0 Å². The number of nitrogens with zero attached hydrogens (tertiary/aromatic N) is 1. The molecule has 1 aromatic rings. The van der Waals surface area contributed by atoms with Crippen LogP contribution in [-0.4, -0.2) is 32.9 Å². The van der Waals surface area contributed by atoms with Crippen molar-refractivity contribution in [3.63, 3.8) is 0 Å². The molecule has 90 valence electrons. The Morgan fingerprint density at radius 1 is 1.25 bits per heavy atom. The first-order valence-corrected chi connectivity index (χ1v) is 6.70. The van der Waals surface area contributed by atoms with Crippen LogP contribution in [0.5, 0.6) is 0 Å². The second kappa shape index (κ2) is 5.33. The number of nitrogens with two attached hydrogens (primary N) is 1. The largest absolute Gasteiger partial charge is 0.329 e. The molecule has 0 aliphatic rings. The number of rotatable bonds is 4. The molecule has 2 N–H and O–H groups in total. The van der Waals surface area contributed by atoms with Crippen LogP contribution in [0.1, 0.15) is 0 Å². The molecule has 7 heteroatoms. The van der Waals surface area contributed by atoms with Crippen molar-refractivity contribution in [3.8, 4) is 0 Å². The average molecular weight is 283 g/mol. The summed E-state index contributed by atoms with van der Waals surface area (Å²) in [4.78, 5) is 0.0703. The molecule has 0 radical (unpaired) electrons. The molecule has 0 spiro atoms. The van der Waals surface area contributed by atoms with E-state index < -0.39 is 10.0 Å². The Hall–Kier alpha value is -0.330. The summed E-state index contributed by atoms with van der Waals surface area (Å²) in [6, 6.07) is 4.19. The molecule has 0 saturated carbocycles. The Morgan fingerprint density at radius 3 is 2.19 bits per heavy atom. The lowest BCUT2D eigenvalue weighted by Crippen LogP contribution is -2.31. The van der Waals surface area contributed by atoms with E-state index in [9.17, 15) is 8.42 Å². The van der Waals surface area contributed by atoms with Crippen LogP contribution in [0.15, 0.2) is 23.1 Å². The smallest absolute Gasteiger partial charge is 0.242 e. The van der Waals surface area contributed by atoms with Crippen LogP contribution in [0, 0.1) is 0 Å². The average Bonchev–Trinajstić information content (AvgIpc) is 2.16. The van der Waals surface area contributed by atoms with E-state index in [2.05, 4.69) is 0 Å². The van der Waals surface area contributed by atoms with Gasteiger partial charge in [-0.15, -0.1) is 0 Å².